The molecule has 0 saturated heterocycles. The van der Waals surface area contributed by atoms with Crippen LogP contribution in [0.1, 0.15) is 5.56 Å². The normalized spacial score (nSPS) is 10.1. The third-order valence-corrected chi connectivity index (χ3v) is 3.35. The Morgan fingerprint density at radius 1 is 1.40 bits per heavy atom. The Morgan fingerprint density at radius 3 is 2.73 bits per heavy atom. The van der Waals surface area contributed by atoms with Gasteiger partial charge < -0.3 is 0 Å². The zero-order valence-corrected chi connectivity index (χ0v) is 9.99. The van der Waals surface area contributed by atoms with Gasteiger partial charge in [0.1, 0.15) is 0 Å². The lowest BCUT2D eigenvalue weighted by atomic mass is 10.2. The molecule has 1 rings (SSSR count). The molecule has 0 radical (unpaired) electrons. The average Bonchev–Trinajstić information content (AvgIpc) is 2.23. The Morgan fingerprint density at radius 2 is 2.13 bits per heavy atom. The van der Waals surface area contributed by atoms with E-state index in [1.807, 2.05) is 6.07 Å². The van der Waals surface area contributed by atoms with Crippen molar-refractivity contribution in [3.8, 4) is 0 Å². The van der Waals surface area contributed by atoms with Crippen LogP contribution in [-0.2, 0) is 10.5 Å². The van der Waals surface area contributed by atoms with E-state index in [1.165, 1.54) is 11.8 Å². The molecule has 15 heavy (non-hydrogen) atoms. The lowest BCUT2D eigenvalue weighted by Gasteiger charge is -2.02. The van der Waals surface area contributed by atoms with Crippen molar-refractivity contribution in [2.24, 2.45) is 0 Å². The topological polar surface area (TPSA) is 49.3 Å². The molecule has 0 aliphatic rings. The highest BCUT2D eigenvalue weighted by atomic mass is 35.5. The first-order valence-corrected chi connectivity index (χ1v) is 5.99. The molecular formula is C9H9Cl2NO2S. The molecule has 0 heterocycles. The summed E-state index contributed by atoms with van der Waals surface area (Å²) in [6, 6.07) is 5.32. The molecule has 0 atom stereocenters. The SMILES string of the molecule is O=C(CSCc1ccc(Cl)c(Cl)c1)NO. The van der Waals surface area contributed by atoms with Crippen LogP contribution >= 0.6 is 35.0 Å². The number of halogens is 2. The maximum Gasteiger partial charge on any atom is 0.253 e. The molecular weight excluding hydrogens is 257 g/mol. The van der Waals surface area contributed by atoms with Crippen LogP contribution in [0.3, 0.4) is 0 Å². The summed E-state index contributed by atoms with van der Waals surface area (Å²) in [6.07, 6.45) is 0. The van der Waals surface area contributed by atoms with E-state index in [9.17, 15) is 4.79 Å². The Bertz CT molecular complexity index is 360. The molecule has 0 fully saturated rings. The summed E-state index contributed by atoms with van der Waals surface area (Å²) in [5.74, 6) is 0.432. The highest BCUT2D eigenvalue weighted by molar-refractivity contribution is 7.99. The second-order valence-electron chi connectivity index (χ2n) is 2.78. The van der Waals surface area contributed by atoms with E-state index in [-0.39, 0.29) is 5.75 Å². The van der Waals surface area contributed by atoms with Gasteiger partial charge in [-0.05, 0) is 17.7 Å². The van der Waals surface area contributed by atoms with Crippen molar-refractivity contribution in [2.75, 3.05) is 5.75 Å². The molecule has 2 N–H and O–H groups in total. The van der Waals surface area contributed by atoms with E-state index in [0.29, 0.717) is 15.8 Å². The molecule has 0 spiro atoms. The summed E-state index contributed by atoms with van der Waals surface area (Å²) in [7, 11) is 0. The number of carbonyl (C=O) groups is 1. The molecule has 1 aromatic rings. The van der Waals surface area contributed by atoms with Crippen LogP contribution < -0.4 is 5.48 Å². The number of thioether (sulfide) groups is 1. The van der Waals surface area contributed by atoms with Crippen molar-refractivity contribution < 1.29 is 10.0 Å². The van der Waals surface area contributed by atoms with Gasteiger partial charge >= 0.3 is 0 Å². The summed E-state index contributed by atoms with van der Waals surface area (Å²) in [5, 5.41) is 9.27. The minimum Gasteiger partial charge on any atom is -0.289 e. The number of benzene rings is 1. The molecule has 82 valence electrons. The monoisotopic (exact) mass is 265 g/mol. The Kier molecular flexibility index (Phi) is 5.25. The zero-order valence-electron chi connectivity index (χ0n) is 7.67. The van der Waals surface area contributed by atoms with E-state index >= 15 is 0 Å². The fraction of sp³-hybridized carbons (Fsp3) is 0.222. The standard InChI is InChI=1S/C9H9Cl2NO2S/c10-7-2-1-6(3-8(7)11)4-15-5-9(13)12-14/h1-3,14H,4-5H2,(H,12,13). The fourth-order valence-electron chi connectivity index (χ4n) is 0.923. The summed E-state index contributed by atoms with van der Waals surface area (Å²) < 4.78 is 0. The number of hydroxylamine groups is 1. The van der Waals surface area contributed by atoms with Crippen LogP contribution in [0.25, 0.3) is 0 Å². The van der Waals surface area contributed by atoms with Gasteiger partial charge in [-0.15, -0.1) is 11.8 Å². The van der Waals surface area contributed by atoms with Crippen LogP contribution in [0.5, 0.6) is 0 Å². The highest BCUT2D eigenvalue weighted by Crippen LogP contribution is 2.24. The first-order valence-electron chi connectivity index (χ1n) is 4.08. The molecule has 0 aliphatic carbocycles. The molecule has 6 heteroatoms. The first-order chi connectivity index (χ1) is 7.13. The second kappa shape index (κ2) is 6.23. The maximum atomic E-state index is 10.7. The molecule has 1 aromatic carbocycles. The quantitative estimate of drug-likeness (QED) is 0.650. The molecule has 1 amide bonds. The largest absolute Gasteiger partial charge is 0.289 e. The second-order valence-corrected chi connectivity index (χ2v) is 4.58. The molecule has 0 saturated carbocycles. The predicted molar refractivity (Wildman–Crippen MR) is 62.6 cm³/mol. The average molecular weight is 266 g/mol. The van der Waals surface area contributed by atoms with E-state index in [1.54, 1.807) is 17.6 Å². The van der Waals surface area contributed by atoms with Gasteiger partial charge in [-0.2, -0.15) is 0 Å². The molecule has 0 bridgehead atoms. The van der Waals surface area contributed by atoms with E-state index in [2.05, 4.69) is 0 Å². The number of hydrogen-bond donors (Lipinski definition) is 2. The van der Waals surface area contributed by atoms with Gasteiger partial charge in [0.2, 0.25) is 0 Å². The smallest absolute Gasteiger partial charge is 0.253 e. The van der Waals surface area contributed by atoms with Gasteiger partial charge in [-0.3, -0.25) is 10.0 Å². The highest BCUT2D eigenvalue weighted by Gasteiger charge is 2.02. The summed E-state index contributed by atoms with van der Waals surface area (Å²) in [6.45, 7) is 0. The maximum absolute atomic E-state index is 10.7. The van der Waals surface area contributed by atoms with Gasteiger partial charge in [0.05, 0.1) is 15.8 Å². The number of carbonyl (C=O) groups excluding carboxylic acids is 1. The van der Waals surface area contributed by atoms with E-state index in [4.69, 9.17) is 28.4 Å². The lowest BCUT2D eigenvalue weighted by molar-refractivity contribution is -0.126. The van der Waals surface area contributed by atoms with Crippen LogP contribution in [0.2, 0.25) is 10.0 Å². The predicted octanol–water partition coefficient (Wildman–Crippen LogP) is 2.73. The zero-order chi connectivity index (χ0) is 11.3. The molecule has 0 aromatic heterocycles. The molecule has 0 unspecified atom stereocenters. The van der Waals surface area contributed by atoms with Crippen molar-refractivity contribution in [1.29, 1.82) is 0 Å². The van der Waals surface area contributed by atoms with Crippen molar-refractivity contribution >= 4 is 40.9 Å². The van der Waals surface area contributed by atoms with Crippen molar-refractivity contribution in [2.45, 2.75) is 5.75 Å². The number of nitrogens with one attached hydrogen (secondary N) is 1. The lowest BCUT2D eigenvalue weighted by Crippen LogP contribution is -2.20. The van der Waals surface area contributed by atoms with E-state index < -0.39 is 5.91 Å². The third-order valence-electron chi connectivity index (χ3n) is 1.61. The van der Waals surface area contributed by atoms with Crippen molar-refractivity contribution in [3.05, 3.63) is 33.8 Å². The summed E-state index contributed by atoms with van der Waals surface area (Å²) in [5.41, 5.74) is 2.55. The minimum atomic E-state index is -0.417. The Labute approximate surface area is 102 Å². The van der Waals surface area contributed by atoms with Crippen LogP contribution in [0.15, 0.2) is 18.2 Å². The van der Waals surface area contributed by atoms with Crippen LogP contribution in [0, 0.1) is 0 Å². The molecule has 0 aliphatic heterocycles. The Hall–Kier alpha value is -0.420. The number of amides is 1. The van der Waals surface area contributed by atoms with Gasteiger partial charge in [-0.25, -0.2) is 5.48 Å². The van der Waals surface area contributed by atoms with Crippen molar-refractivity contribution in [3.63, 3.8) is 0 Å². The van der Waals surface area contributed by atoms with Gasteiger partial charge in [-0.1, -0.05) is 29.3 Å². The number of hydrogen-bond acceptors (Lipinski definition) is 3. The van der Waals surface area contributed by atoms with Crippen LogP contribution in [0.4, 0.5) is 0 Å². The van der Waals surface area contributed by atoms with Crippen molar-refractivity contribution in [1.82, 2.24) is 5.48 Å². The fourth-order valence-corrected chi connectivity index (χ4v) is 2.01. The number of rotatable bonds is 4. The van der Waals surface area contributed by atoms with Gasteiger partial charge in [0.15, 0.2) is 0 Å². The summed E-state index contributed by atoms with van der Waals surface area (Å²) >= 11 is 13.0. The Balaban J connectivity index is 2.44. The summed E-state index contributed by atoms with van der Waals surface area (Å²) in [4.78, 5) is 10.7. The van der Waals surface area contributed by atoms with Crippen LogP contribution in [-0.4, -0.2) is 16.9 Å². The van der Waals surface area contributed by atoms with Gasteiger partial charge in [0.25, 0.3) is 5.91 Å². The minimum absolute atomic E-state index is 0.205. The van der Waals surface area contributed by atoms with Gasteiger partial charge in [0, 0.05) is 5.75 Å². The van der Waals surface area contributed by atoms with E-state index in [0.717, 1.165) is 5.56 Å². The third kappa shape index (κ3) is 4.30. The first kappa shape index (κ1) is 12.6. The molecule has 3 nitrogen and oxygen atoms in total.